The van der Waals surface area contributed by atoms with Gasteiger partial charge in [-0.05, 0) is 25.0 Å². The van der Waals surface area contributed by atoms with Gasteiger partial charge in [0.2, 0.25) is 0 Å². The average molecular weight is 373 g/mol. The first-order valence-electron chi connectivity index (χ1n) is 10.3. The van der Waals surface area contributed by atoms with Gasteiger partial charge >= 0.3 is 11.8 Å². The maximum atomic E-state index is 12.1. The van der Waals surface area contributed by atoms with Gasteiger partial charge in [0.15, 0.2) is 0 Å². The Morgan fingerprint density at radius 3 is 2.22 bits per heavy atom. The summed E-state index contributed by atoms with van der Waals surface area (Å²) in [5.74, 6) is -0.974. The number of para-hydroxylation sites is 1. The summed E-state index contributed by atoms with van der Waals surface area (Å²) >= 11 is 0. The third kappa shape index (κ3) is 6.24. The fourth-order valence-corrected chi connectivity index (χ4v) is 3.95. The van der Waals surface area contributed by atoms with Crippen molar-refractivity contribution in [2.75, 3.05) is 44.2 Å². The molecule has 1 heterocycles. The van der Waals surface area contributed by atoms with Crippen molar-refractivity contribution < 1.29 is 9.59 Å². The van der Waals surface area contributed by atoms with Crippen LogP contribution < -0.4 is 15.5 Å². The SMILES string of the molecule is O=C(NCCN1CCN(c2ccccc2)CC1)C(=O)NC1CCCCCC1. The lowest BCUT2D eigenvalue weighted by atomic mass is 10.1. The van der Waals surface area contributed by atoms with Gasteiger partial charge in [0.25, 0.3) is 0 Å². The molecule has 2 fully saturated rings. The Hall–Kier alpha value is -2.08. The van der Waals surface area contributed by atoms with Crippen LogP contribution in [0.25, 0.3) is 0 Å². The molecule has 3 rings (SSSR count). The molecular weight excluding hydrogens is 340 g/mol. The van der Waals surface area contributed by atoms with Crippen molar-refractivity contribution in [2.45, 2.75) is 44.6 Å². The smallest absolute Gasteiger partial charge is 0.309 e. The second-order valence-corrected chi connectivity index (χ2v) is 7.58. The van der Waals surface area contributed by atoms with E-state index in [0.717, 1.165) is 58.4 Å². The van der Waals surface area contributed by atoms with Gasteiger partial charge in [-0.1, -0.05) is 43.9 Å². The summed E-state index contributed by atoms with van der Waals surface area (Å²) in [5.41, 5.74) is 1.26. The quantitative estimate of drug-likeness (QED) is 0.611. The number of nitrogens with one attached hydrogen (secondary N) is 2. The van der Waals surface area contributed by atoms with E-state index in [-0.39, 0.29) is 6.04 Å². The highest BCUT2D eigenvalue weighted by molar-refractivity contribution is 6.35. The van der Waals surface area contributed by atoms with Crippen LogP contribution in [0, 0.1) is 0 Å². The molecule has 1 aliphatic heterocycles. The lowest BCUT2D eigenvalue weighted by Gasteiger charge is -2.36. The Bertz CT molecular complexity index is 591. The molecule has 2 aliphatic rings. The zero-order valence-corrected chi connectivity index (χ0v) is 16.2. The van der Waals surface area contributed by atoms with Gasteiger partial charge in [0, 0.05) is 51.0 Å². The van der Waals surface area contributed by atoms with E-state index >= 15 is 0 Å². The highest BCUT2D eigenvalue weighted by Gasteiger charge is 2.20. The normalized spacial score (nSPS) is 19.3. The third-order valence-electron chi connectivity index (χ3n) is 5.60. The Morgan fingerprint density at radius 2 is 1.56 bits per heavy atom. The lowest BCUT2D eigenvalue weighted by molar-refractivity contribution is -0.139. The number of rotatable bonds is 5. The van der Waals surface area contributed by atoms with Gasteiger partial charge < -0.3 is 15.5 Å². The predicted molar refractivity (Wildman–Crippen MR) is 108 cm³/mol. The monoisotopic (exact) mass is 372 g/mol. The van der Waals surface area contributed by atoms with Gasteiger partial charge in [0.1, 0.15) is 0 Å². The molecule has 6 heteroatoms. The van der Waals surface area contributed by atoms with E-state index < -0.39 is 11.8 Å². The number of carbonyl (C=O) groups is 2. The zero-order valence-electron chi connectivity index (χ0n) is 16.2. The molecular formula is C21H32N4O2. The summed E-state index contributed by atoms with van der Waals surface area (Å²) < 4.78 is 0. The van der Waals surface area contributed by atoms with Crippen molar-refractivity contribution in [3.63, 3.8) is 0 Å². The highest BCUT2D eigenvalue weighted by Crippen LogP contribution is 2.17. The van der Waals surface area contributed by atoms with E-state index in [9.17, 15) is 9.59 Å². The molecule has 1 saturated heterocycles. The Morgan fingerprint density at radius 1 is 0.889 bits per heavy atom. The van der Waals surface area contributed by atoms with E-state index in [4.69, 9.17) is 0 Å². The first-order chi connectivity index (χ1) is 13.2. The van der Waals surface area contributed by atoms with Gasteiger partial charge in [-0.25, -0.2) is 0 Å². The van der Waals surface area contributed by atoms with Crippen LogP contribution in [0.3, 0.4) is 0 Å². The zero-order chi connectivity index (χ0) is 18.9. The summed E-state index contributed by atoms with van der Waals surface area (Å²) in [6.07, 6.45) is 6.73. The molecule has 0 aromatic heterocycles. The molecule has 2 amide bonds. The number of piperazine rings is 1. The van der Waals surface area contributed by atoms with Crippen LogP contribution in [0.4, 0.5) is 5.69 Å². The van der Waals surface area contributed by atoms with Crippen LogP contribution in [0.1, 0.15) is 38.5 Å². The molecule has 1 aromatic carbocycles. The summed E-state index contributed by atoms with van der Waals surface area (Å²) in [6, 6.07) is 10.6. The summed E-state index contributed by atoms with van der Waals surface area (Å²) in [4.78, 5) is 28.8. The number of amides is 2. The van der Waals surface area contributed by atoms with Gasteiger partial charge in [-0.2, -0.15) is 0 Å². The Labute approximate surface area is 162 Å². The van der Waals surface area contributed by atoms with Crippen LogP contribution in [-0.2, 0) is 9.59 Å². The van der Waals surface area contributed by atoms with Crippen molar-refractivity contribution in [1.82, 2.24) is 15.5 Å². The minimum absolute atomic E-state index is 0.164. The molecule has 0 radical (unpaired) electrons. The molecule has 6 nitrogen and oxygen atoms in total. The fourth-order valence-electron chi connectivity index (χ4n) is 3.95. The van der Waals surface area contributed by atoms with Crippen LogP contribution in [0.5, 0.6) is 0 Å². The lowest BCUT2D eigenvalue weighted by Crippen LogP contribution is -2.50. The first-order valence-corrected chi connectivity index (χ1v) is 10.3. The van der Waals surface area contributed by atoms with Crippen molar-refractivity contribution in [1.29, 1.82) is 0 Å². The largest absolute Gasteiger partial charge is 0.369 e. The third-order valence-corrected chi connectivity index (χ3v) is 5.60. The minimum atomic E-state index is -0.498. The summed E-state index contributed by atoms with van der Waals surface area (Å²) in [7, 11) is 0. The van der Waals surface area contributed by atoms with E-state index in [1.807, 2.05) is 6.07 Å². The maximum Gasteiger partial charge on any atom is 0.309 e. The van der Waals surface area contributed by atoms with Crippen molar-refractivity contribution in [2.24, 2.45) is 0 Å². The molecule has 148 valence electrons. The standard InChI is InChI=1S/C21H32N4O2/c26-20(21(27)23-18-8-4-1-2-5-9-18)22-12-13-24-14-16-25(17-15-24)19-10-6-3-7-11-19/h3,6-7,10-11,18H,1-2,4-5,8-9,12-17H2,(H,22,26)(H,23,27). The van der Waals surface area contributed by atoms with Gasteiger partial charge in [-0.15, -0.1) is 0 Å². The number of hydrogen-bond acceptors (Lipinski definition) is 4. The predicted octanol–water partition coefficient (Wildman–Crippen LogP) is 1.76. The number of hydrogen-bond donors (Lipinski definition) is 2. The number of benzene rings is 1. The van der Waals surface area contributed by atoms with Gasteiger partial charge in [0.05, 0.1) is 0 Å². The number of carbonyl (C=O) groups excluding carboxylic acids is 2. The molecule has 0 bridgehead atoms. The molecule has 27 heavy (non-hydrogen) atoms. The van der Waals surface area contributed by atoms with Crippen LogP contribution in [-0.4, -0.2) is 62.0 Å². The fraction of sp³-hybridized carbons (Fsp3) is 0.619. The number of anilines is 1. The maximum absolute atomic E-state index is 12.1. The summed E-state index contributed by atoms with van der Waals surface area (Å²) in [5, 5.41) is 5.67. The Balaban J connectivity index is 1.31. The van der Waals surface area contributed by atoms with Crippen LogP contribution >= 0.6 is 0 Å². The van der Waals surface area contributed by atoms with Crippen molar-refractivity contribution in [3.8, 4) is 0 Å². The van der Waals surface area contributed by atoms with Crippen molar-refractivity contribution in [3.05, 3.63) is 30.3 Å². The molecule has 0 atom stereocenters. The van der Waals surface area contributed by atoms with Crippen LogP contribution in [0.15, 0.2) is 30.3 Å². The minimum Gasteiger partial charge on any atom is -0.369 e. The van der Waals surface area contributed by atoms with E-state index in [1.54, 1.807) is 0 Å². The van der Waals surface area contributed by atoms with Crippen LogP contribution in [0.2, 0.25) is 0 Å². The van der Waals surface area contributed by atoms with Crippen molar-refractivity contribution >= 4 is 17.5 Å². The van der Waals surface area contributed by atoms with Gasteiger partial charge in [-0.3, -0.25) is 14.5 Å². The second-order valence-electron chi connectivity index (χ2n) is 7.58. The molecule has 1 aromatic rings. The van der Waals surface area contributed by atoms with E-state index in [1.165, 1.54) is 18.5 Å². The highest BCUT2D eigenvalue weighted by atomic mass is 16.2. The molecule has 0 spiro atoms. The first kappa shape index (κ1) is 19.7. The Kier molecular flexibility index (Phi) is 7.51. The average Bonchev–Trinajstić information content (AvgIpc) is 2.98. The molecule has 2 N–H and O–H groups in total. The number of nitrogens with zero attached hydrogens (tertiary/aromatic N) is 2. The molecule has 1 aliphatic carbocycles. The molecule has 0 unspecified atom stereocenters. The molecule has 1 saturated carbocycles. The summed E-state index contributed by atoms with van der Waals surface area (Å²) in [6.45, 7) is 5.21. The second kappa shape index (κ2) is 10.3. The topological polar surface area (TPSA) is 64.7 Å². The van der Waals surface area contributed by atoms with E-state index in [2.05, 4.69) is 44.7 Å². The van der Waals surface area contributed by atoms with E-state index in [0.29, 0.717) is 6.54 Å².